The first-order chi connectivity index (χ1) is 12.4. The van der Waals surface area contributed by atoms with Crippen LogP contribution in [0.3, 0.4) is 0 Å². The molecule has 4 nitrogen and oxygen atoms in total. The molecule has 1 heterocycles. The van der Waals surface area contributed by atoms with Crippen molar-refractivity contribution >= 4 is 17.3 Å². The van der Waals surface area contributed by atoms with Crippen LogP contribution in [0, 0.1) is 0 Å². The van der Waals surface area contributed by atoms with Crippen LogP contribution in [0.1, 0.15) is 15.9 Å². The monoisotopic (exact) mass is 358 g/mol. The van der Waals surface area contributed by atoms with Crippen molar-refractivity contribution < 1.29 is 23.1 Å². The molecule has 1 aromatic heterocycles. The van der Waals surface area contributed by atoms with Gasteiger partial charge in [0.25, 0.3) is 0 Å². The number of para-hydroxylation sites is 1. The Labute approximate surface area is 146 Å². The van der Waals surface area contributed by atoms with Crippen LogP contribution in [0.5, 0.6) is 0 Å². The number of pyridine rings is 1. The van der Waals surface area contributed by atoms with Gasteiger partial charge in [-0.2, -0.15) is 13.2 Å². The minimum absolute atomic E-state index is 0.0470. The van der Waals surface area contributed by atoms with Gasteiger partial charge in [-0.3, -0.25) is 4.98 Å². The lowest BCUT2D eigenvalue weighted by molar-refractivity contribution is -0.137. The van der Waals surface area contributed by atoms with E-state index in [-0.39, 0.29) is 22.6 Å². The van der Waals surface area contributed by atoms with Crippen molar-refractivity contribution in [3.63, 3.8) is 0 Å². The van der Waals surface area contributed by atoms with Crippen LogP contribution in [-0.2, 0) is 6.18 Å². The van der Waals surface area contributed by atoms with Crippen LogP contribution in [0.15, 0.2) is 66.9 Å². The van der Waals surface area contributed by atoms with Gasteiger partial charge in [0.2, 0.25) is 0 Å². The van der Waals surface area contributed by atoms with E-state index in [1.807, 2.05) is 0 Å². The van der Waals surface area contributed by atoms with E-state index >= 15 is 0 Å². The molecule has 0 saturated heterocycles. The lowest BCUT2D eigenvalue weighted by Gasteiger charge is -2.15. The highest BCUT2D eigenvalue weighted by atomic mass is 19.4. The fourth-order valence-corrected chi connectivity index (χ4v) is 2.51. The van der Waals surface area contributed by atoms with Gasteiger partial charge in [-0.1, -0.05) is 42.5 Å². The number of hydrogen-bond donors (Lipinski definition) is 2. The smallest absolute Gasteiger partial charge is 0.418 e. The fraction of sp³-hybridized carbons (Fsp3) is 0.0526. The van der Waals surface area contributed by atoms with Crippen molar-refractivity contribution in [3.8, 4) is 11.3 Å². The number of aromatic nitrogens is 1. The maximum atomic E-state index is 13.5. The minimum Gasteiger partial charge on any atom is -0.478 e. The third-order valence-corrected chi connectivity index (χ3v) is 3.68. The summed E-state index contributed by atoms with van der Waals surface area (Å²) >= 11 is 0. The molecule has 0 bridgehead atoms. The number of carbonyl (C=O) groups is 1. The summed E-state index contributed by atoms with van der Waals surface area (Å²) in [5.41, 5.74) is -0.560. The molecule has 2 aromatic carbocycles. The highest BCUT2D eigenvalue weighted by Gasteiger charge is 2.35. The summed E-state index contributed by atoms with van der Waals surface area (Å²) < 4.78 is 40.5. The Morgan fingerprint density at radius 3 is 2.31 bits per heavy atom. The summed E-state index contributed by atoms with van der Waals surface area (Å²) in [6.45, 7) is 0. The van der Waals surface area contributed by atoms with E-state index in [0.717, 1.165) is 6.07 Å². The lowest BCUT2D eigenvalue weighted by Crippen LogP contribution is -2.10. The number of alkyl halides is 3. The van der Waals surface area contributed by atoms with Gasteiger partial charge in [0.1, 0.15) is 0 Å². The number of rotatable bonds is 4. The summed E-state index contributed by atoms with van der Waals surface area (Å²) in [4.78, 5) is 15.2. The molecule has 2 N–H and O–H groups in total. The number of hydrogen-bond acceptors (Lipinski definition) is 3. The predicted molar refractivity (Wildman–Crippen MR) is 91.4 cm³/mol. The Balaban J connectivity index is 2.05. The Morgan fingerprint density at radius 2 is 1.65 bits per heavy atom. The highest BCUT2D eigenvalue weighted by molar-refractivity contribution is 5.95. The molecule has 0 aliphatic carbocycles. The zero-order valence-electron chi connectivity index (χ0n) is 13.3. The number of halogens is 3. The molecule has 26 heavy (non-hydrogen) atoms. The first-order valence-electron chi connectivity index (χ1n) is 7.58. The number of anilines is 2. The van der Waals surface area contributed by atoms with Crippen LogP contribution in [-0.4, -0.2) is 16.1 Å². The van der Waals surface area contributed by atoms with E-state index in [9.17, 15) is 23.1 Å². The average molecular weight is 358 g/mol. The molecule has 0 spiro atoms. The molecule has 0 radical (unpaired) electrons. The van der Waals surface area contributed by atoms with Crippen molar-refractivity contribution in [3.05, 3.63) is 78.0 Å². The third-order valence-electron chi connectivity index (χ3n) is 3.68. The van der Waals surface area contributed by atoms with Gasteiger partial charge >= 0.3 is 12.1 Å². The van der Waals surface area contributed by atoms with E-state index in [1.54, 1.807) is 36.4 Å². The van der Waals surface area contributed by atoms with Gasteiger partial charge in [-0.05, 0) is 18.2 Å². The first-order valence-corrected chi connectivity index (χ1v) is 7.58. The van der Waals surface area contributed by atoms with E-state index in [0.29, 0.717) is 5.56 Å². The molecule has 0 unspecified atom stereocenters. The largest absolute Gasteiger partial charge is 0.478 e. The maximum absolute atomic E-state index is 13.5. The molecule has 0 amide bonds. The normalized spacial score (nSPS) is 11.2. The standard InChI is InChI=1S/C19H13F3N2O2/c20-19(21,22)15-10-13(11-23-17(15)12-6-2-1-3-7-12)24-16-9-5-4-8-14(16)18(25)26/h1-11,24H,(H,25,26). The second-order valence-corrected chi connectivity index (χ2v) is 5.46. The van der Waals surface area contributed by atoms with Crippen molar-refractivity contribution in [2.45, 2.75) is 6.18 Å². The molecule has 0 fully saturated rings. The van der Waals surface area contributed by atoms with Gasteiger partial charge in [-0.15, -0.1) is 0 Å². The minimum atomic E-state index is -4.61. The Bertz CT molecular complexity index is 941. The van der Waals surface area contributed by atoms with Crippen molar-refractivity contribution in [1.29, 1.82) is 0 Å². The fourth-order valence-electron chi connectivity index (χ4n) is 2.51. The van der Waals surface area contributed by atoms with Crippen molar-refractivity contribution in [1.82, 2.24) is 4.98 Å². The molecular formula is C19H13F3N2O2. The van der Waals surface area contributed by atoms with Crippen LogP contribution in [0.4, 0.5) is 24.5 Å². The summed E-state index contributed by atoms with van der Waals surface area (Å²) in [5.74, 6) is -1.18. The zero-order valence-corrected chi connectivity index (χ0v) is 13.3. The topological polar surface area (TPSA) is 62.2 Å². The summed E-state index contributed by atoms with van der Waals surface area (Å²) in [5, 5.41) is 11.9. The van der Waals surface area contributed by atoms with Crippen molar-refractivity contribution in [2.24, 2.45) is 0 Å². The Kier molecular flexibility index (Phi) is 4.62. The van der Waals surface area contributed by atoms with Gasteiger partial charge < -0.3 is 10.4 Å². The second-order valence-electron chi connectivity index (χ2n) is 5.46. The predicted octanol–water partition coefficient (Wildman–Crippen LogP) is 5.21. The number of carboxylic acids is 1. The van der Waals surface area contributed by atoms with Gasteiger partial charge in [0, 0.05) is 5.56 Å². The number of nitrogens with one attached hydrogen (secondary N) is 1. The number of carboxylic acid groups (broad SMARTS) is 1. The molecule has 0 saturated carbocycles. The molecule has 132 valence electrons. The van der Waals surface area contributed by atoms with E-state index in [2.05, 4.69) is 10.3 Å². The Hall–Kier alpha value is -3.35. The molecule has 3 rings (SSSR count). The lowest BCUT2D eigenvalue weighted by atomic mass is 10.0. The van der Waals surface area contributed by atoms with Gasteiger partial charge in [-0.25, -0.2) is 4.79 Å². The Morgan fingerprint density at radius 1 is 1.00 bits per heavy atom. The van der Waals surface area contributed by atoms with Crippen LogP contribution >= 0.6 is 0 Å². The van der Waals surface area contributed by atoms with E-state index < -0.39 is 17.7 Å². The van der Waals surface area contributed by atoms with Gasteiger partial charge in [0.05, 0.1) is 34.4 Å². The van der Waals surface area contributed by atoms with E-state index in [4.69, 9.17) is 0 Å². The molecule has 0 aliphatic rings. The van der Waals surface area contributed by atoms with Crippen LogP contribution in [0.2, 0.25) is 0 Å². The number of aromatic carboxylic acids is 1. The summed E-state index contributed by atoms with van der Waals surface area (Å²) in [6.07, 6.45) is -3.36. The summed E-state index contributed by atoms with van der Waals surface area (Å²) in [6, 6.07) is 14.9. The molecular weight excluding hydrogens is 345 g/mol. The van der Waals surface area contributed by atoms with Crippen LogP contribution in [0.25, 0.3) is 11.3 Å². The van der Waals surface area contributed by atoms with Gasteiger partial charge in [0.15, 0.2) is 0 Å². The van der Waals surface area contributed by atoms with E-state index in [1.165, 1.54) is 24.4 Å². The SMILES string of the molecule is O=C(O)c1ccccc1Nc1cnc(-c2ccccc2)c(C(F)(F)F)c1. The maximum Gasteiger partial charge on any atom is 0.418 e. The highest BCUT2D eigenvalue weighted by Crippen LogP contribution is 2.37. The van der Waals surface area contributed by atoms with Crippen molar-refractivity contribution in [2.75, 3.05) is 5.32 Å². The molecule has 7 heteroatoms. The number of nitrogens with zero attached hydrogens (tertiary/aromatic N) is 1. The first kappa shape index (κ1) is 17.5. The molecule has 0 aliphatic heterocycles. The second kappa shape index (κ2) is 6.87. The third kappa shape index (κ3) is 3.66. The zero-order chi connectivity index (χ0) is 18.7. The molecule has 0 atom stereocenters. The number of benzene rings is 2. The van der Waals surface area contributed by atoms with Crippen LogP contribution < -0.4 is 5.32 Å². The molecule has 3 aromatic rings. The quantitative estimate of drug-likeness (QED) is 0.672. The average Bonchev–Trinajstić information content (AvgIpc) is 2.62. The summed E-state index contributed by atoms with van der Waals surface area (Å²) in [7, 11) is 0.